The van der Waals surface area contributed by atoms with Gasteiger partial charge in [-0.2, -0.15) is 0 Å². The highest BCUT2D eigenvalue weighted by atomic mass is 79.9. The van der Waals surface area contributed by atoms with Gasteiger partial charge in [0.25, 0.3) is 0 Å². The molecule has 5 nitrogen and oxygen atoms in total. The summed E-state index contributed by atoms with van der Waals surface area (Å²) in [5.41, 5.74) is 8.60. The Bertz CT molecular complexity index is 1020. The van der Waals surface area contributed by atoms with Crippen LogP contribution in [0, 0.1) is 35.4 Å². The first-order valence-electron chi connectivity index (χ1n) is 12.6. The van der Waals surface area contributed by atoms with Crippen LogP contribution in [-0.2, 0) is 19.1 Å². The van der Waals surface area contributed by atoms with Gasteiger partial charge in [-0.1, -0.05) is 40.2 Å². The number of hydrogen-bond acceptors (Lipinski definition) is 5. The molecular weight excluding hydrogens is 525 g/mol. The lowest BCUT2D eigenvalue weighted by atomic mass is 9.58. The summed E-state index contributed by atoms with van der Waals surface area (Å²) in [6, 6.07) is 6.45. The van der Waals surface area contributed by atoms with Gasteiger partial charge in [-0.25, -0.2) is 4.39 Å². The molecule has 5 unspecified atom stereocenters. The maximum Gasteiger partial charge on any atom is 0.302 e. The number of ketones is 1. The van der Waals surface area contributed by atoms with E-state index in [9.17, 15) is 14.0 Å². The van der Waals surface area contributed by atoms with Crippen LogP contribution >= 0.6 is 15.9 Å². The summed E-state index contributed by atoms with van der Waals surface area (Å²) in [5.74, 6) is -0.134. The van der Waals surface area contributed by atoms with Crippen molar-refractivity contribution in [2.45, 2.75) is 46.1 Å². The van der Waals surface area contributed by atoms with E-state index in [0.29, 0.717) is 31.8 Å². The van der Waals surface area contributed by atoms with Crippen molar-refractivity contribution in [3.05, 3.63) is 65.6 Å². The first kappa shape index (κ1) is 28.3. The van der Waals surface area contributed by atoms with Gasteiger partial charge in [-0.3, -0.25) is 9.59 Å². The topological polar surface area (TPSA) is 78.6 Å². The zero-order chi connectivity index (χ0) is 26.2. The molecule has 3 rings (SSSR count). The average molecular weight is 563 g/mol. The van der Waals surface area contributed by atoms with E-state index < -0.39 is 0 Å². The van der Waals surface area contributed by atoms with Crippen LogP contribution in [0.15, 0.2) is 54.3 Å². The van der Waals surface area contributed by atoms with Gasteiger partial charge in [0.1, 0.15) is 11.6 Å². The Hall–Kier alpha value is -2.25. The molecule has 0 spiro atoms. The molecule has 0 radical (unpaired) electrons. The van der Waals surface area contributed by atoms with Crippen molar-refractivity contribution < 1.29 is 23.5 Å². The predicted octanol–water partition coefficient (Wildman–Crippen LogP) is 5.84. The number of fused-ring (bicyclic) bond motifs is 1. The van der Waals surface area contributed by atoms with Gasteiger partial charge in [0.15, 0.2) is 0 Å². The minimum atomic E-state index is -0.307. The van der Waals surface area contributed by atoms with Crippen LogP contribution in [0.2, 0.25) is 0 Å². The highest BCUT2D eigenvalue weighted by molar-refractivity contribution is 9.09. The SMILES string of the molecule is CC(=O)OCC1CC2C(=O)CCOC(C)C2C(/C=C/C(N)=C/C=C(\C)c2cccc(F)c2)[C@@H]1CCBr. The first-order valence-corrected chi connectivity index (χ1v) is 13.7. The van der Waals surface area contributed by atoms with E-state index in [4.69, 9.17) is 15.2 Å². The summed E-state index contributed by atoms with van der Waals surface area (Å²) in [5, 5.41) is 0.806. The highest BCUT2D eigenvalue weighted by Crippen LogP contribution is 2.48. The van der Waals surface area contributed by atoms with Crippen molar-refractivity contribution >= 4 is 33.3 Å². The van der Waals surface area contributed by atoms with E-state index in [0.717, 1.165) is 22.9 Å². The van der Waals surface area contributed by atoms with Crippen molar-refractivity contribution in [3.8, 4) is 0 Å². The van der Waals surface area contributed by atoms with E-state index in [-0.39, 0.29) is 53.3 Å². The molecule has 2 N–H and O–H groups in total. The second-order valence-electron chi connectivity index (χ2n) is 9.88. The van der Waals surface area contributed by atoms with Crippen LogP contribution in [0.3, 0.4) is 0 Å². The fourth-order valence-electron chi connectivity index (χ4n) is 5.72. The van der Waals surface area contributed by atoms with Crippen molar-refractivity contribution in [3.63, 3.8) is 0 Å². The van der Waals surface area contributed by atoms with Gasteiger partial charge in [-0.05, 0) is 79.9 Å². The number of Topliss-reactive ketones (excluding diaryl/α,β-unsaturated/α-hetero) is 1. The fraction of sp³-hybridized carbons (Fsp3) is 0.517. The Morgan fingerprint density at radius 3 is 2.78 bits per heavy atom. The maximum absolute atomic E-state index is 13.6. The van der Waals surface area contributed by atoms with Gasteiger partial charge in [-0.15, -0.1) is 0 Å². The lowest BCUT2D eigenvalue weighted by Gasteiger charge is -2.47. The van der Waals surface area contributed by atoms with E-state index >= 15 is 0 Å². The number of halogens is 2. The summed E-state index contributed by atoms with van der Waals surface area (Å²) in [6.07, 6.45) is 9.63. The Balaban J connectivity index is 1.90. The van der Waals surface area contributed by atoms with Gasteiger partial charge in [0, 0.05) is 36.2 Å². The molecule has 1 aliphatic heterocycles. The number of allylic oxidation sites excluding steroid dienone is 5. The zero-order valence-corrected chi connectivity index (χ0v) is 22.9. The Kier molecular flexibility index (Phi) is 10.5. The molecule has 7 heteroatoms. The number of ether oxygens (including phenoxy) is 2. The first-order chi connectivity index (χ1) is 17.2. The van der Waals surface area contributed by atoms with Crippen LogP contribution < -0.4 is 5.73 Å². The molecule has 1 saturated carbocycles. The molecule has 1 saturated heterocycles. The summed E-state index contributed by atoms with van der Waals surface area (Å²) in [7, 11) is 0. The standard InChI is InChI=1S/C29H37BrFNO4/c1-18(21-5-4-6-23(31)15-21)7-8-24(32)9-10-26-25(11-13-30)22(17-36-20(3)33)16-27-28(34)12-14-35-19(2)29(26)27/h4-10,15,19,22,25-27,29H,11-14,16-17,32H2,1-3H3/b10-9+,18-7+,24-8-/t19?,22?,25-,26?,27?,29?/m1/s1. The highest BCUT2D eigenvalue weighted by Gasteiger charge is 2.49. The number of rotatable bonds is 8. The van der Waals surface area contributed by atoms with Gasteiger partial charge in [0.2, 0.25) is 0 Å². The van der Waals surface area contributed by atoms with Crippen LogP contribution in [0.25, 0.3) is 5.57 Å². The molecule has 2 fully saturated rings. The maximum atomic E-state index is 13.6. The summed E-state index contributed by atoms with van der Waals surface area (Å²) in [6.45, 7) is 6.13. The van der Waals surface area contributed by atoms with Gasteiger partial charge < -0.3 is 15.2 Å². The normalized spacial score (nSPS) is 29.6. The smallest absolute Gasteiger partial charge is 0.302 e. The van der Waals surface area contributed by atoms with Crippen LogP contribution in [0.5, 0.6) is 0 Å². The third kappa shape index (κ3) is 7.39. The molecular formula is C29H37BrFNO4. The Morgan fingerprint density at radius 2 is 2.08 bits per heavy atom. The zero-order valence-electron chi connectivity index (χ0n) is 21.3. The molecule has 36 heavy (non-hydrogen) atoms. The number of carbonyl (C=O) groups excluding carboxylic acids is 2. The molecule has 0 amide bonds. The number of alkyl halides is 1. The lowest BCUT2D eigenvalue weighted by molar-refractivity contribution is -0.145. The van der Waals surface area contributed by atoms with E-state index in [1.54, 1.807) is 6.07 Å². The third-order valence-corrected chi connectivity index (χ3v) is 7.97. The molecule has 6 atom stereocenters. The van der Waals surface area contributed by atoms with Gasteiger partial charge in [0.05, 0.1) is 19.3 Å². The van der Waals surface area contributed by atoms with Crippen molar-refractivity contribution in [2.75, 3.05) is 18.5 Å². The van der Waals surface area contributed by atoms with Crippen LogP contribution in [-0.4, -0.2) is 36.4 Å². The second kappa shape index (κ2) is 13.3. The molecule has 196 valence electrons. The van der Waals surface area contributed by atoms with Gasteiger partial charge >= 0.3 is 5.97 Å². The molecule has 1 aromatic rings. The number of carbonyl (C=O) groups is 2. The van der Waals surface area contributed by atoms with Crippen LogP contribution in [0.1, 0.15) is 45.6 Å². The molecule has 1 heterocycles. The quantitative estimate of drug-likeness (QED) is 0.245. The Labute approximate surface area is 222 Å². The summed E-state index contributed by atoms with van der Waals surface area (Å²) >= 11 is 3.60. The summed E-state index contributed by atoms with van der Waals surface area (Å²) in [4.78, 5) is 24.6. The summed E-state index contributed by atoms with van der Waals surface area (Å²) < 4.78 is 25.0. The molecule has 0 aromatic heterocycles. The second-order valence-corrected chi connectivity index (χ2v) is 10.7. The monoisotopic (exact) mass is 561 g/mol. The van der Waals surface area contributed by atoms with Crippen molar-refractivity contribution in [1.29, 1.82) is 0 Å². The number of esters is 1. The van der Waals surface area contributed by atoms with Crippen molar-refractivity contribution in [1.82, 2.24) is 0 Å². The minimum absolute atomic E-state index is 0.0336. The molecule has 0 bridgehead atoms. The van der Waals surface area contributed by atoms with E-state index in [1.165, 1.54) is 19.1 Å². The predicted molar refractivity (Wildman–Crippen MR) is 144 cm³/mol. The molecule has 1 aromatic carbocycles. The van der Waals surface area contributed by atoms with E-state index in [1.807, 2.05) is 31.2 Å². The lowest BCUT2D eigenvalue weighted by Crippen LogP contribution is -2.47. The van der Waals surface area contributed by atoms with E-state index in [2.05, 4.69) is 28.9 Å². The minimum Gasteiger partial charge on any atom is -0.466 e. The Morgan fingerprint density at radius 1 is 1.31 bits per heavy atom. The number of nitrogens with two attached hydrogens (primary N) is 1. The third-order valence-electron chi connectivity index (χ3n) is 7.51. The fourth-order valence-corrected chi connectivity index (χ4v) is 6.25. The molecule has 1 aliphatic carbocycles. The largest absolute Gasteiger partial charge is 0.466 e. The average Bonchev–Trinajstić information content (AvgIpc) is 2.98. The van der Waals surface area contributed by atoms with Crippen molar-refractivity contribution in [2.24, 2.45) is 35.3 Å². The number of benzene rings is 1. The number of hydrogen-bond donors (Lipinski definition) is 1. The van der Waals surface area contributed by atoms with Crippen LogP contribution in [0.4, 0.5) is 4.39 Å². The molecule has 2 aliphatic rings.